The maximum Gasteiger partial charge on any atom is 0.338 e. The summed E-state index contributed by atoms with van der Waals surface area (Å²) in [4.78, 5) is 27.1. The number of aromatic nitrogens is 1. The number of methoxy groups -OCH3 is 1. The van der Waals surface area contributed by atoms with Gasteiger partial charge in [-0.2, -0.15) is 0 Å². The van der Waals surface area contributed by atoms with Gasteiger partial charge in [-0.3, -0.25) is 10.1 Å². The number of hydrogen-bond donors (Lipinski definition) is 0. The minimum absolute atomic E-state index is 0.0607. The molecule has 30 heavy (non-hydrogen) atoms. The maximum atomic E-state index is 12.1. The molecule has 0 radical (unpaired) electrons. The van der Waals surface area contributed by atoms with Crippen LogP contribution in [0.4, 0.5) is 5.69 Å². The van der Waals surface area contributed by atoms with E-state index in [9.17, 15) is 23.3 Å². The second-order valence-corrected chi connectivity index (χ2v) is 8.23. The topological polar surface area (TPSA) is 126 Å². The molecule has 1 heterocycles. The first kappa shape index (κ1) is 20.9. The molecule has 3 aromatic rings. The van der Waals surface area contributed by atoms with E-state index in [-0.39, 0.29) is 33.2 Å². The Morgan fingerprint density at radius 1 is 1.07 bits per heavy atom. The fourth-order valence-electron chi connectivity index (χ4n) is 2.69. The summed E-state index contributed by atoms with van der Waals surface area (Å²) in [6.45, 7) is 0. The molecule has 0 atom stereocenters. The van der Waals surface area contributed by atoms with Crippen molar-refractivity contribution in [3.05, 3.63) is 76.5 Å². The van der Waals surface area contributed by atoms with Crippen molar-refractivity contribution in [1.29, 1.82) is 0 Å². The van der Waals surface area contributed by atoms with Crippen molar-refractivity contribution >= 4 is 21.5 Å². The molecule has 0 bridgehead atoms. The summed E-state index contributed by atoms with van der Waals surface area (Å²) in [5.74, 6) is -0.154. The molecule has 0 amide bonds. The van der Waals surface area contributed by atoms with Gasteiger partial charge >= 0.3 is 5.97 Å². The standard InChI is InChI=1S/C20H16N2O7S/c1-28-20(23)14-10-13(19-18(22(24)25)4-3-9-21-19)11-16(12-14)29-15-5-7-17(8-6-15)30(2,26)27/h3-12H,1-2H3. The van der Waals surface area contributed by atoms with E-state index < -0.39 is 20.7 Å². The Balaban J connectivity index is 2.06. The van der Waals surface area contributed by atoms with Crippen LogP contribution in [0.3, 0.4) is 0 Å². The van der Waals surface area contributed by atoms with Crippen molar-refractivity contribution in [2.24, 2.45) is 0 Å². The molecule has 3 rings (SSSR count). The molecule has 1 aromatic heterocycles. The van der Waals surface area contributed by atoms with Gasteiger partial charge in [-0.1, -0.05) is 0 Å². The molecular formula is C20H16N2O7S. The molecule has 0 aliphatic carbocycles. The van der Waals surface area contributed by atoms with Gasteiger partial charge in [-0.15, -0.1) is 0 Å². The second-order valence-electron chi connectivity index (χ2n) is 6.21. The molecule has 0 aliphatic heterocycles. The van der Waals surface area contributed by atoms with Crippen LogP contribution in [0.2, 0.25) is 0 Å². The predicted octanol–water partition coefficient (Wildman–Crippen LogP) is 3.64. The SMILES string of the molecule is COC(=O)c1cc(Oc2ccc(S(C)(=O)=O)cc2)cc(-c2ncccc2[N+](=O)[O-])c1. The van der Waals surface area contributed by atoms with E-state index in [4.69, 9.17) is 9.47 Å². The highest BCUT2D eigenvalue weighted by molar-refractivity contribution is 7.90. The summed E-state index contributed by atoms with van der Waals surface area (Å²) in [5.41, 5.74) is 0.221. The highest BCUT2D eigenvalue weighted by Crippen LogP contribution is 2.33. The quantitative estimate of drug-likeness (QED) is 0.331. The highest BCUT2D eigenvalue weighted by Gasteiger charge is 2.19. The molecule has 154 valence electrons. The van der Waals surface area contributed by atoms with Gasteiger partial charge in [-0.05, 0) is 48.5 Å². The monoisotopic (exact) mass is 428 g/mol. The van der Waals surface area contributed by atoms with E-state index in [1.54, 1.807) is 0 Å². The molecule has 0 N–H and O–H groups in total. The number of benzene rings is 2. The van der Waals surface area contributed by atoms with E-state index >= 15 is 0 Å². The minimum Gasteiger partial charge on any atom is -0.465 e. The van der Waals surface area contributed by atoms with Gasteiger partial charge in [0.15, 0.2) is 9.84 Å². The number of nitro groups is 1. The summed E-state index contributed by atoms with van der Waals surface area (Å²) < 4.78 is 33.7. The molecule has 10 heteroatoms. The van der Waals surface area contributed by atoms with Crippen molar-refractivity contribution in [3.8, 4) is 22.8 Å². The second kappa shape index (κ2) is 8.29. The van der Waals surface area contributed by atoms with Crippen LogP contribution in [0, 0.1) is 10.1 Å². The van der Waals surface area contributed by atoms with Gasteiger partial charge in [0.2, 0.25) is 0 Å². The van der Waals surface area contributed by atoms with E-state index in [1.165, 1.54) is 67.9 Å². The molecular weight excluding hydrogens is 412 g/mol. The smallest absolute Gasteiger partial charge is 0.338 e. The molecule has 0 spiro atoms. The van der Waals surface area contributed by atoms with Gasteiger partial charge in [0.1, 0.15) is 17.2 Å². The zero-order chi connectivity index (χ0) is 21.9. The van der Waals surface area contributed by atoms with Crippen molar-refractivity contribution in [1.82, 2.24) is 4.98 Å². The number of carbonyl (C=O) groups is 1. The zero-order valence-corrected chi connectivity index (χ0v) is 16.8. The number of rotatable bonds is 6. The lowest BCUT2D eigenvalue weighted by atomic mass is 10.1. The van der Waals surface area contributed by atoms with Crippen LogP contribution < -0.4 is 4.74 Å². The van der Waals surface area contributed by atoms with Gasteiger partial charge in [-0.25, -0.2) is 18.2 Å². The third kappa shape index (κ3) is 4.61. The summed E-state index contributed by atoms with van der Waals surface area (Å²) in [6.07, 6.45) is 2.49. The average Bonchev–Trinajstić information content (AvgIpc) is 2.72. The number of pyridine rings is 1. The lowest BCUT2D eigenvalue weighted by Crippen LogP contribution is -2.03. The summed E-state index contributed by atoms with van der Waals surface area (Å²) in [6, 6.07) is 12.8. The first-order valence-corrected chi connectivity index (χ1v) is 10.4. The predicted molar refractivity (Wildman–Crippen MR) is 107 cm³/mol. The first-order chi connectivity index (χ1) is 14.2. The van der Waals surface area contributed by atoms with Crippen LogP contribution in [0.15, 0.2) is 65.7 Å². The molecule has 0 unspecified atom stereocenters. The van der Waals surface area contributed by atoms with E-state index in [0.29, 0.717) is 5.75 Å². The van der Waals surface area contributed by atoms with Crippen molar-refractivity contribution in [3.63, 3.8) is 0 Å². The van der Waals surface area contributed by atoms with Crippen molar-refractivity contribution in [2.45, 2.75) is 4.90 Å². The van der Waals surface area contributed by atoms with Crippen LogP contribution in [-0.4, -0.2) is 37.7 Å². The third-order valence-electron chi connectivity index (χ3n) is 4.07. The van der Waals surface area contributed by atoms with Gasteiger partial charge in [0, 0.05) is 24.1 Å². The molecule has 0 saturated carbocycles. The van der Waals surface area contributed by atoms with E-state index in [1.807, 2.05) is 0 Å². The van der Waals surface area contributed by atoms with E-state index in [2.05, 4.69) is 4.98 Å². The number of esters is 1. The number of nitrogens with zero attached hydrogens (tertiary/aromatic N) is 2. The lowest BCUT2D eigenvalue weighted by molar-refractivity contribution is -0.384. The molecule has 0 aliphatic rings. The van der Waals surface area contributed by atoms with E-state index in [0.717, 1.165) is 6.26 Å². The van der Waals surface area contributed by atoms with Crippen molar-refractivity contribution in [2.75, 3.05) is 13.4 Å². The number of sulfone groups is 1. The molecule has 0 fully saturated rings. The minimum atomic E-state index is -3.36. The summed E-state index contributed by atoms with van der Waals surface area (Å²) >= 11 is 0. The Labute approximate surface area is 172 Å². The molecule has 0 saturated heterocycles. The summed E-state index contributed by atoms with van der Waals surface area (Å²) in [7, 11) is -2.15. The van der Waals surface area contributed by atoms with Gasteiger partial charge in [0.25, 0.3) is 5.69 Å². The van der Waals surface area contributed by atoms with Crippen molar-refractivity contribution < 1.29 is 27.6 Å². The first-order valence-electron chi connectivity index (χ1n) is 8.50. The number of carbonyl (C=O) groups excluding carboxylic acids is 1. The molecule has 2 aromatic carbocycles. The van der Waals surface area contributed by atoms with Crippen LogP contribution >= 0.6 is 0 Å². The average molecular weight is 428 g/mol. The zero-order valence-electron chi connectivity index (χ0n) is 15.9. The third-order valence-corrected chi connectivity index (χ3v) is 5.20. The fourth-order valence-corrected chi connectivity index (χ4v) is 3.32. The Morgan fingerprint density at radius 3 is 2.37 bits per heavy atom. The van der Waals surface area contributed by atoms with Crippen LogP contribution in [0.5, 0.6) is 11.5 Å². The van der Waals surface area contributed by atoms with Crippen LogP contribution in [-0.2, 0) is 14.6 Å². The Hall–Kier alpha value is -3.79. The highest BCUT2D eigenvalue weighted by atomic mass is 32.2. The van der Waals surface area contributed by atoms with Gasteiger partial charge in [0.05, 0.1) is 22.5 Å². The summed E-state index contributed by atoms with van der Waals surface area (Å²) in [5, 5.41) is 11.4. The number of hydrogen-bond acceptors (Lipinski definition) is 8. The lowest BCUT2D eigenvalue weighted by Gasteiger charge is -2.11. The Kier molecular flexibility index (Phi) is 5.79. The normalized spacial score (nSPS) is 11.0. The van der Waals surface area contributed by atoms with Crippen LogP contribution in [0.1, 0.15) is 10.4 Å². The number of ether oxygens (including phenoxy) is 2. The van der Waals surface area contributed by atoms with Crippen LogP contribution in [0.25, 0.3) is 11.3 Å². The Morgan fingerprint density at radius 2 is 1.77 bits per heavy atom. The molecule has 9 nitrogen and oxygen atoms in total. The fraction of sp³-hybridized carbons (Fsp3) is 0.100. The maximum absolute atomic E-state index is 12.1. The van der Waals surface area contributed by atoms with Gasteiger partial charge < -0.3 is 9.47 Å². The Bertz CT molecular complexity index is 1220. The largest absolute Gasteiger partial charge is 0.465 e.